The van der Waals surface area contributed by atoms with E-state index < -0.39 is 0 Å². The molecule has 3 rings (SSSR count). The molecule has 0 aliphatic rings. The van der Waals surface area contributed by atoms with Gasteiger partial charge in [0.25, 0.3) is 0 Å². The number of halogens is 1. The molecule has 0 aliphatic heterocycles. The molecule has 30 heavy (non-hydrogen) atoms. The third kappa shape index (κ3) is 6.72. The molecule has 3 aromatic rings. The predicted molar refractivity (Wildman–Crippen MR) is 131 cm³/mol. The maximum absolute atomic E-state index is 5.77. The van der Waals surface area contributed by atoms with Crippen LogP contribution in [0.15, 0.2) is 60.0 Å². The number of nitrogens with one attached hydrogen (secondary N) is 2. The van der Waals surface area contributed by atoms with Gasteiger partial charge >= 0.3 is 0 Å². The van der Waals surface area contributed by atoms with Crippen molar-refractivity contribution in [2.75, 3.05) is 13.2 Å². The molecule has 0 bridgehead atoms. The second-order valence-corrected chi connectivity index (χ2v) is 6.57. The summed E-state index contributed by atoms with van der Waals surface area (Å²) in [7, 11) is 0. The standard InChI is InChI=1S/C22H28N6O.HI/c1-4-23-22(26-16-19-8-7-17(3)13-20(19)29-5-2)25-15-18-9-11-24-21(14-18)28-12-6-10-27-28;/h6-14H,4-5,15-16H2,1-3H3,(H2,23,25,26);1H. The van der Waals surface area contributed by atoms with Crippen molar-refractivity contribution in [3.63, 3.8) is 0 Å². The van der Waals surface area contributed by atoms with Crippen LogP contribution in [0.2, 0.25) is 0 Å². The fraction of sp³-hybridized carbons (Fsp3) is 0.318. The van der Waals surface area contributed by atoms with Crippen molar-refractivity contribution in [2.24, 2.45) is 4.99 Å². The van der Waals surface area contributed by atoms with Gasteiger partial charge in [0.2, 0.25) is 0 Å². The number of aliphatic imine (C=N–C) groups is 1. The van der Waals surface area contributed by atoms with E-state index in [4.69, 9.17) is 9.73 Å². The van der Waals surface area contributed by atoms with Gasteiger partial charge in [-0.05, 0) is 56.2 Å². The first kappa shape index (κ1) is 23.7. The van der Waals surface area contributed by atoms with Crippen LogP contribution in [0, 0.1) is 6.92 Å². The lowest BCUT2D eigenvalue weighted by Crippen LogP contribution is -2.36. The summed E-state index contributed by atoms with van der Waals surface area (Å²) in [6.07, 6.45) is 5.39. The second kappa shape index (κ2) is 12.2. The van der Waals surface area contributed by atoms with Gasteiger partial charge in [0.05, 0.1) is 13.2 Å². The Bertz CT molecular complexity index is 943. The Balaban J connectivity index is 0.00000320. The van der Waals surface area contributed by atoms with Gasteiger partial charge in [0, 0.05) is 37.2 Å². The van der Waals surface area contributed by atoms with E-state index in [-0.39, 0.29) is 24.0 Å². The monoisotopic (exact) mass is 520 g/mol. The molecule has 2 N–H and O–H groups in total. The SMILES string of the molecule is CCNC(=NCc1ccnc(-n2cccn2)c1)NCc1ccc(C)cc1OCC.I. The largest absolute Gasteiger partial charge is 0.494 e. The molecule has 0 fully saturated rings. The van der Waals surface area contributed by atoms with Crippen LogP contribution in [-0.2, 0) is 13.1 Å². The van der Waals surface area contributed by atoms with E-state index in [9.17, 15) is 0 Å². The molecule has 2 heterocycles. The van der Waals surface area contributed by atoms with Gasteiger partial charge < -0.3 is 15.4 Å². The molecule has 0 aliphatic carbocycles. The van der Waals surface area contributed by atoms with Gasteiger partial charge in [-0.3, -0.25) is 0 Å². The topological polar surface area (TPSA) is 76.4 Å². The summed E-state index contributed by atoms with van der Waals surface area (Å²) in [4.78, 5) is 9.07. The third-order valence-corrected chi connectivity index (χ3v) is 4.28. The molecular weight excluding hydrogens is 491 g/mol. The predicted octanol–water partition coefficient (Wildman–Crippen LogP) is 3.85. The lowest BCUT2D eigenvalue weighted by molar-refractivity contribution is 0.336. The van der Waals surface area contributed by atoms with Gasteiger partial charge in [0.1, 0.15) is 5.75 Å². The number of benzene rings is 1. The Morgan fingerprint density at radius 3 is 2.73 bits per heavy atom. The van der Waals surface area contributed by atoms with Gasteiger partial charge in [-0.1, -0.05) is 12.1 Å². The number of guanidine groups is 1. The average Bonchev–Trinajstić information content (AvgIpc) is 3.27. The molecule has 0 unspecified atom stereocenters. The Labute approximate surface area is 195 Å². The number of rotatable bonds is 8. The van der Waals surface area contributed by atoms with Crippen LogP contribution in [0.1, 0.15) is 30.5 Å². The number of aryl methyl sites for hydroxylation is 1. The van der Waals surface area contributed by atoms with Crippen LogP contribution in [-0.4, -0.2) is 33.9 Å². The Kier molecular flexibility index (Phi) is 9.59. The Morgan fingerprint density at radius 2 is 2.00 bits per heavy atom. The molecule has 0 saturated carbocycles. The van der Waals surface area contributed by atoms with Gasteiger partial charge in [-0.2, -0.15) is 5.10 Å². The zero-order valence-corrected chi connectivity index (χ0v) is 20.0. The molecule has 160 valence electrons. The Morgan fingerprint density at radius 1 is 1.13 bits per heavy atom. The van der Waals surface area contributed by atoms with E-state index in [0.717, 1.165) is 35.2 Å². The summed E-state index contributed by atoms with van der Waals surface area (Å²) in [6, 6.07) is 12.1. The molecule has 0 amide bonds. The summed E-state index contributed by atoms with van der Waals surface area (Å²) < 4.78 is 7.51. The number of hydrogen-bond acceptors (Lipinski definition) is 4. The summed E-state index contributed by atoms with van der Waals surface area (Å²) >= 11 is 0. The van der Waals surface area contributed by atoms with Crippen molar-refractivity contribution < 1.29 is 4.74 Å². The van der Waals surface area contributed by atoms with Crippen LogP contribution in [0.4, 0.5) is 0 Å². The van der Waals surface area contributed by atoms with E-state index in [1.54, 1.807) is 17.1 Å². The zero-order valence-electron chi connectivity index (χ0n) is 17.6. The first-order valence-electron chi connectivity index (χ1n) is 9.89. The van der Waals surface area contributed by atoms with E-state index >= 15 is 0 Å². The van der Waals surface area contributed by atoms with Gasteiger partial charge in [0.15, 0.2) is 11.8 Å². The molecule has 7 nitrogen and oxygen atoms in total. The highest BCUT2D eigenvalue weighted by Crippen LogP contribution is 2.20. The van der Waals surface area contributed by atoms with Crippen molar-refractivity contribution >= 4 is 29.9 Å². The maximum Gasteiger partial charge on any atom is 0.191 e. The quantitative estimate of drug-likeness (QED) is 0.268. The van der Waals surface area contributed by atoms with Crippen molar-refractivity contribution in [3.8, 4) is 11.6 Å². The van der Waals surface area contributed by atoms with E-state index in [0.29, 0.717) is 19.7 Å². The summed E-state index contributed by atoms with van der Waals surface area (Å²) in [6.45, 7) is 8.72. The number of aromatic nitrogens is 3. The molecule has 0 spiro atoms. The van der Waals surface area contributed by atoms with Crippen molar-refractivity contribution in [2.45, 2.75) is 33.9 Å². The molecule has 0 atom stereocenters. The van der Waals surface area contributed by atoms with Crippen molar-refractivity contribution in [1.82, 2.24) is 25.4 Å². The number of pyridine rings is 1. The molecule has 1 aromatic carbocycles. The highest BCUT2D eigenvalue weighted by Gasteiger charge is 2.06. The van der Waals surface area contributed by atoms with Gasteiger partial charge in [-0.25, -0.2) is 14.7 Å². The van der Waals surface area contributed by atoms with E-state index in [1.807, 2.05) is 31.3 Å². The molecule has 0 radical (unpaired) electrons. The van der Waals surface area contributed by atoms with E-state index in [2.05, 4.69) is 52.8 Å². The fourth-order valence-electron chi connectivity index (χ4n) is 2.88. The highest BCUT2D eigenvalue weighted by atomic mass is 127. The first-order valence-corrected chi connectivity index (χ1v) is 9.89. The minimum Gasteiger partial charge on any atom is -0.494 e. The third-order valence-electron chi connectivity index (χ3n) is 4.28. The summed E-state index contributed by atoms with van der Waals surface area (Å²) in [5.74, 6) is 2.45. The Hall–Kier alpha value is -2.62. The maximum atomic E-state index is 5.77. The summed E-state index contributed by atoms with van der Waals surface area (Å²) in [5.41, 5.74) is 3.35. The van der Waals surface area contributed by atoms with Crippen molar-refractivity contribution in [1.29, 1.82) is 0 Å². The number of hydrogen-bond donors (Lipinski definition) is 2. The first-order chi connectivity index (χ1) is 14.2. The molecule has 8 heteroatoms. The highest BCUT2D eigenvalue weighted by molar-refractivity contribution is 14.0. The number of ether oxygens (including phenoxy) is 1. The number of nitrogens with zero attached hydrogens (tertiary/aromatic N) is 4. The minimum atomic E-state index is 0. The van der Waals surface area contributed by atoms with E-state index in [1.165, 1.54) is 5.56 Å². The lowest BCUT2D eigenvalue weighted by Gasteiger charge is -2.15. The van der Waals surface area contributed by atoms with Crippen LogP contribution >= 0.6 is 24.0 Å². The van der Waals surface area contributed by atoms with Crippen LogP contribution in [0.25, 0.3) is 5.82 Å². The van der Waals surface area contributed by atoms with Crippen LogP contribution in [0.5, 0.6) is 5.75 Å². The summed E-state index contributed by atoms with van der Waals surface area (Å²) in [5, 5.41) is 10.9. The lowest BCUT2D eigenvalue weighted by atomic mass is 10.1. The van der Waals surface area contributed by atoms with Crippen molar-refractivity contribution in [3.05, 3.63) is 71.7 Å². The second-order valence-electron chi connectivity index (χ2n) is 6.57. The normalized spacial score (nSPS) is 11.0. The molecular formula is C22H29IN6O. The fourth-order valence-corrected chi connectivity index (χ4v) is 2.88. The van der Waals surface area contributed by atoms with Crippen LogP contribution < -0.4 is 15.4 Å². The average molecular weight is 520 g/mol. The molecule has 2 aromatic heterocycles. The zero-order chi connectivity index (χ0) is 20.5. The van der Waals surface area contributed by atoms with Gasteiger partial charge in [-0.15, -0.1) is 24.0 Å². The van der Waals surface area contributed by atoms with Crippen LogP contribution in [0.3, 0.4) is 0 Å². The molecule has 0 saturated heterocycles. The minimum absolute atomic E-state index is 0. The smallest absolute Gasteiger partial charge is 0.191 e.